The van der Waals surface area contributed by atoms with Gasteiger partial charge >= 0.3 is 0 Å². The maximum atomic E-state index is 4.23. The summed E-state index contributed by atoms with van der Waals surface area (Å²) in [5, 5.41) is 5.97. The predicted octanol–water partition coefficient (Wildman–Crippen LogP) is 4.30. The van der Waals surface area contributed by atoms with Gasteiger partial charge in [0.25, 0.3) is 0 Å². The molecular formula is C26H22N4. The summed E-state index contributed by atoms with van der Waals surface area (Å²) in [6.45, 7) is 0. The lowest BCUT2D eigenvalue weighted by atomic mass is 10.1. The molecule has 2 aromatic carbocycles. The molecule has 146 valence electrons. The molecule has 3 heterocycles. The quantitative estimate of drug-likeness (QED) is 0.396. The van der Waals surface area contributed by atoms with E-state index in [1.54, 1.807) is 6.33 Å². The van der Waals surface area contributed by atoms with Crippen molar-refractivity contribution in [1.29, 1.82) is 0 Å². The fraction of sp³-hybridized carbons (Fsp3) is 0.0769. The predicted molar refractivity (Wildman–Crippen MR) is 123 cm³/mol. The second-order valence-corrected chi connectivity index (χ2v) is 6.77. The lowest BCUT2D eigenvalue weighted by Crippen LogP contribution is -2.28. The van der Waals surface area contributed by atoms with Crippen LogP contribution in [0.3, 0.4) is 0 Å². The van der Waals surface area contributed by atoms with Crippen molar-refractivity contribution in [3.63, 3.8) is 0 Å². The number of hydrogen-bond donors (Lipinski definition) is 0. The highest BCUT2D eigenvalue weighted by molar-refractivity contribution is 5.81. The summed E-state index contributed by atoms with van der Waals surface area (Å²) < 4.78 is 0. The average Bonchev–Trinajstić information content (AvgIpc) is 2.85. The molecule has 0 aliphatic heterocycles. The van der Waals surface area contributed by atoms with Crippen LogP contribution in [0.5, 0.6) is 0 Å². The largest absolute Gasteiger partial charge is 0.264 e. The van der Waals surface area contributed by atoms with E-state index in [-0.39, 0.29) is 0 Å². The van der Waals surface area contributed by atoms with E-state index in [0.29, 0.717) is 0 Å². The number of pyridine rings is 2. The third-order valence-electron chi connectivity index (χ3n) is 4.70. The molecule has 0 amide bonds. The van der Waals surface area contributed by atoms with E-state index in [0.717, 1.165) is 22.7 Å². The second kappa shape index (κ2) is 10.0. The standard InChI is InChI=1S/C9H9N.C9H7N.C8H6N2/c1-2-6-9-8(4-1)5-3-7-10-9;1-2-4-9-7-10-6-5-8(9)3-1;1-2-4-8-7(3-1)5-9-6-10-8/h3-7H,1-2H2;1-7H;1-6H. The molecule has 6 rings (SSSR count). The van der Waals surface area contributed by atoms with E-state index in [4.69, 9.17) is 0 Å². The smallest absolute Gasteiger partial charge is 0.116 e. The number of hydrogen-bond acceptors (Lipinski definition) is 4. The van der Waals surface area contributed by atoms with Crippen LogP contribution in [0.2, 0.25) is 0 Å². The summed E-state index contributed by atoms with van der Waals surface area (Å²) in [6.07, 6.45) is 15.6. The fourth-order valence-corrected chi connectivity index (χ4v) is 3.18. The Kier molecular flexibility index (Phi) is 6.48. The molecule has 1 aliphatic rings. The minimum Gasteiger partial charge on any atom is -0.264 e. The Labute approximate surface area is 175 Å². The van der Waals surface area contributed by atoms with Crippen LogP contribution in [0.25, 0.3) is 33.8 Å². The van der Waals surface area contributed by atoms with Crippen molar-refractivity contribution in [2.24, 2.45) is 0 Å². The Morgan fingerprint density at radius 2 is 1.33 bits per heavy atom. The van der Waals surface area contributed by atoms with E-state index >= 15 is 0 Å². The first-order valence-corrected chi connectivity index (χ1v) is 9.95. The van der Waals surface area contributed by atoms with Crippen molar-refractivity contribution in [2.75, 3.05) is 0 Å². The highest BCUT2D eigenvalue weighted by Gasteiger charge is 1.90. The highest BCUT2D eigenvalue weighted by Crippen LogP contribution is 2.09. The Morgan fingerprint density at radius 1 is 0.567 bits per heavy atom. The van der Waals surface area contributed by atoms with Gasteiger partial charge in [-0.25, -0.2) is 9.97 Å². The maximum absolute atomic E-state index is 4.23. The van der Waals surface area contributed by atoms with Crippen molar-refractivity contribution in [3.05, 3.63) is 108 Å². The van der Waals surface area contributed by atoms with Gasteiger partial charge in [0.15, 0.2) is 0 Å². The molecule has 0 atom stereocenters. The maximum Gasteiger partial charge on any atom is 0.116 e. The Balaban J connectivity index is 0.000000109. The molecular weight excluding hydrogens is 368 g/mol. The lowest BCUT2D eigenvalue weighted by Gasteiger charge is -1.95. The molecule has 4 nitrogen and oxygen atoms in total. The molecule has 1 aliphatic carbocycles. The van der Waals surface area contributed by atoms with Gasteiger partial charge in [0.1, 0.15) is 6.33 Å². The number of para-hydroxylation sites is 1. The van der Waals surface area contributed by atoms with Gasteiger partial charge in [0.05, 0.1) is 10.9 Å². The number of nitrogens with zero attached hydrogens (tertiary/aromatic N) is 4. The molecule has 0 bridgehead atoms. The van der Waals surface area contributed by atoms with E-state index in [1.165, 1.54) is 22.4 Å². The zero-order valence-electron chi connectivity index (χ0n) is 16.6. The Bertz CT molecular complexity index is 1130. The van der Waals surface area contributed by atoms with Gasteiger partial charge in [-0.1, -0.05) is 60.7 Å². The number of benzene rings is 2. The number of aromatic nitrogens is 4. The number of rotatable bonds is 0. The zero-order valence-corrected chi connectivity index (χ0v) is 16.6. The van der Waals surface area contributed by atoms with Crippen LogP contribution in [-0.2, 0) is 0 Å². The topological polar surface area (TPSA) is 51.6 Å². The zero-order chi connectivity index (χ0) is 20.4. The lowest BCUT2D eigenvalue weighted by molar-refractivity contribution is 1.08. The molecule has 0 radical (unpaired) electrons. The molecule has 0 N–H and O–H groups in total. The summed E-state index contributed by atoms with van der Waals surface area (Å²) in [4.78, 5) is 16.2. The minimum absolute atomic E-state index is 0.998. The van der Waals surface area contributed by atoms with Crippen molar-refractivity contribution in [3.8, 4) is 0 Å². The SMILES string of the molecule is C1=c2cccnc2=CCC1.c1ccc2cnccc2c1.c1ccc2ncncc2c1. The van der Waals surface area contributed by atoms with Gasteiger partial charge in [0, 0.05) is 30.2 Å². The van der Waals surface area contributed by atoms with Crippen LogP contribution in [0.4, 0.5) is 0 Å². The molecule has 30 heavy (non-hydrogen) atoms. The number of fused-ring (bicyclic) bond motifs is 3. The van der Waals surface area contributed by atoms with Gasteiger partial charge in [-0.05, 0) is 47.0 Å². The van der Waals surface area contributed by atoms with Crippen LogP contribution in [0, 0.1) is 0 Å². The van der Waals surface area contributed by atoms with Gasteiger partial charge in [-0.15, -0.1) is 0 Å². The molecule has 0 saturated carbocycles. The first-order chi connectivity index (χ1) is 14.9. The third kappa shape index (κ3) is 5.11. The Hall–Kier alpha value is -3.92. The first kappa shape index (κ1) is 19.4. The van der Waals surface area contributed by atoms with Crippen molar-refractivity contribution in [2.45, 2.75) is 12.8 Å². The van der Waals surface area contributed by atoms with E-state index in [9.17, 15) is 0 Å². The van der Waals surface area contributed by atoms with Gasteiger partial charge in [0.2, 0.25) is 0 Å². The first-order valence-electron chi connectivity index (χ1n) is 9.95. The van der Waals surface area contributed by atoms with Crippen molar-refractivity contribution < 1.29 is 0 Å². The summed E-state index contributed by atoms with van der Waals surface area (Å²) in [5.74, 6) is 0. The second-order valence-electron chi connectivity index (χ2n) is 6.77. The van der Waals surface area contributed by atoms with Crippen LogP contribution in [-0.4, -0.2) is 19.9 Å². The third-order valence-corrected chi connectivity index (χ3v) is 4.70. The normalized spacial score (nSPS) is 11.6. The molecule has 4 heteroatoms. The summed E-state index contributed by atoms with van der Waals surface area (Å²) in [5.41, 5.74) is 0.998. The average molecular weight is 390 g/mol. The monoisotopic (exact) mass is 390 g/mol. The van der Waals surface area contributed by atoms with Crippen LogP contribution >= 0.6 is 0 Å². The summed E-state index contributed by atoms with van der Waals surface area (Å²) in [6, 6.07) is 22.2. The van der Waals surface area contributed by atoms with Crippen LogP contribution < -0.4 is 10.6 Å². The summed E-state index contributed by atoms with van der Waals surface area (Å²) in [7, 11) is 0. The molecule has 3 aromatic heterocycles. The van der Waals surface area contributed by atoms with Crippen LogP contribution in [0.1, 0.15) is 12.8 Å². The van der Waals surface area contributed by atoms with E-state index in [1.807, 2.05) is 73.3 Å². The molecule has 0 saturated heterocycles. The molecule has 5 aromatic rings. The molecule has 0 unspecified atom stereocenters. The van der Waals surface area contributed by atoms with Crippen molar-refractivity contribution >= 4 is 33.8 Å². The molecule has 0 fully saturated rings. The van der Waals surface area contributed by atoms with Crippen molar-refractivity contribution in [1.82, 2.24) is 19.9 Å². The minimum atomic E-state index is 0.998. The fourth-order valence-electron chi connectivity index (χ4n) is 3.18. The van der Waals surface area contributed by atoms with Gasteiger partial charge in [-0.3, -0.25) is 9.97 Å². The van der Waals surface area contributed by atoms with Crippen LogP contribution in [0.15, 0.2) is 97.8 Å². The van der Waals surface area contributed by atoms with E-state index < -0.39 is 0 Å². The molecule has 0 spiro atoms. The highest BCUT2D eigenvalue weighted by atomic mass is 14.8. The van der Waals surface area contributed by atoms with Gasteiger partial charge < -0.3 is 0 Å². The van der Waals surface area contributed by atoms with Gasteiger partial charge in [-0.2, -0.15) is 0 Å². The summed E-state index contributed by atoms with van der Waals surface area (Å²) >= 11 is 0. The van der Waals surface area contributed by atoms with E-state index in [2.05, 4.69) is 50.3 Å². The Morgan fingerprint density at radius 3 is 2.17 bits per heavy atom.